The van der Waals surface area contributed by atoms with E-state index in [1.807, 2.05) is 43.9 Å². The van der Waals surface area contributed by atoms with Gasteiger partial charge in [-0.1, -0.05) is 64.3 Å². The first kappa shape index (κ1) is 20.4. The van der Waals surface area contributed by atoms with Gasteiger partial charge in [-0.05, 0) is 32.4 Å². The first-order valence-corrected chi connectivity index (χ1v) is 8.75. The highest BCUT2D eigenvalue weighted by Crippen LogP contribution is 2.30. The summed E-state index contributed by atoms with van der Waals surface area (Å²) in [5, 5.41) is 0. The molecule has 0 aromatic carbocycles. The van der Waals surface area contributed by atoms with Crippen molar-refractivity contribution < 1.29 is 4.79 Å². The van der Waals surface area contributed by atoms with Gasteiger partial charge in [0.15, 0.2) is 0 Å². The summed E-state index contributed by atoms with van der Waals surface area (Å²) < 4.78 is 0. The summed E-state index contributed by atoms with van der Waals surface area (Å²) >= 11 is 0. The number of rotatable bonds is 6. The van der Waals surface area contributed by atoms with E-state index in [9.17, 15) is 4.79 Å². The molecule has 134 valence electrons. The zero-order valence-electron chi connectivity index (χ0n) is 16.1. The predicted molar refractivity (Wildman–Crippen MR) is 104 cm³/mol. The largest absolute Gasteiger partial charge is 0.342 e. The molecule has 1 saturated heterocycles. The monoisotopic (exact) mass is 330 g/mol. The lowest BCUT2D eigenvalue weighted by Gasteiger charge is -2.46. The minimum Gasteiger partial charge on any atom is -0.342 e. The standard InChI is InChI=1S/C21H34N2O/c1-8-10-11-12-18(9-2)17-22(7)21(6)13-15-23(16-14-21)19(24)20(3,4)5/h8-12H,1-2,13-17H2,3-7H3/b11-10-,18-12+. The van der Waals surface area contributed by atoms with Gasteiger partial charge < -0.3 is 4.90 Å². The van der Waals surface area contributed by atoms with Crippen LogP contribution in [0.2, 0.25) is 0 Å². The third-order valence-corrected chi connectivity index (χ3v) is 4.93. The molecule has 0 radical (unpaired) electrons. The van der Waals surface area contributed by atoms with Crippen LogP contribution in [0.5, 0.6) is 0 Å². The van der Waals surface area contributed by atoms with Crippen molar-refractivity contribution >= 4 is 5.91 Å². The molecule has 3 heteroatoms. The van der Waals surface area contributed by atoms with E-state index in [0.717, 1.165) is 32.5 Å². The van der Waals surface area contributed by atoms with Crippen molar-refractivity contribution in [1.82, 2.24) is 9.80 Å². The van der Waals surface area contributed by atoms with Gasteiger partial charge in [-0.25, -0.2) is 0 Å². The third-order valence-electron chi connectivity index (χ3n) is 4.93. The molecule has 0 spiro atoms. The van der Waals surface area contributed by atoms with Gasteiger partial charge in [0, 0.05) is 30.6 Å². The highest BCUT2D eigenvalue weighted by molar-refractivity contribution is 5.81. The highest BCUT2D eigenvalue weighted by Gasteiger charge is 2.37. The number of hydrogen-bond donors (Lipinski definition) is 0. The average molecular weight is 331 g/mol. The van der Waals surface area contributed by atoms with Crippen LogP contribution in [0, 0.1) is 5.41 Å². The summed E-state index contributed by atoms with van der Waals surface area (Å²) in [5.74, 6) is 0.258. The van der Waals surface area contributed by atoms with E-state index in [1.54, 1.807) is 6.08 Å². The fraction of sp³-hybridized carbons (Fsp3) is 0.571. The van der Waals surface area contributed by atoms with E-state index >= 15 is 0 Å². The van der Waals surface area contributed by atoms with Crippen LogP contribution in [0.25, 0.3) is 0 Å². The van der Waals surface area contributed by atoms with Crippen LogP contribution in [0.3, 0.4) is 0 Å². The third kappa shape index (κ3) is 5.48. The molecule has 1 aliphatic rings. The lowest BCUT2D eigenvalue weighted by atomic mass is 9.85. The van der Waals surface area contributed by atoms with E-state index in [4.69, 9.17) is 0 Å². The normalized spacial score (nSPS) is 18.9. The van der Waals surface area contributed by atoms with Gasteiger partial charge in [0.1, 0.15) is 0 Å². The summed E-state index contributed by atoms with van der Waals surface area (Å²) in [6.07, 6.45) is 11.7. The predicted octanol–water partition coefficient (Wildman–Crippen LogP) is 4.20. The quantitative estimate of drug-likeness (QED) is 0.681. The maximum absolute atomic E-state index is 12.4. The fourth-order valence-electron chi connectivity index (χ4n) is 2.96. The number of carbonyl (C=O) groups excluding carboxylic acids is 1. The van der Waals surface area contributed by atoms with Gasteiger partial charge in [0.2, 0.25) is 5.91 Å². The molecule has 3 nitrogen and oxygen atoms in total. The molecule has 0 N–H and O–H groups in total. The lowest BCUT2D eigenvalue weighted by Crippen LogP contribution is -2.55. The van der Waals surface area contributed by atoms with Crippen LogP contribution in [0.4, 0.5) is 0 Å². The van der Waals surface area contributed by atoms with Crippen LogP contribution in [0.15, 0.2) is 49.1 Å². The zero-order valence-corrected chi connectivity index (χ0v) is 16.1. The number of carbonyl (C=O) groups is 1. The Morgan fingerprint density at radius 2 is 1.79 bits per heavy atom. The number of hydrogen-bond acceptors (Lipinski definition) is 2. The molecule has 1 aliphatic heterocycles. The molecule has 0 saturated carbocycles. The molecular weight excluding hydrogens is 296 g/mol. The molecule has 0 aliphatic carbocycles. The van der Waals surface area contributed by atoms with Crippen LogP contribution in [-0.2, 0) is 4.79 Å². The van der Waals surface area contributed by atoms with Crippen molar-refractivity contribution in [2.24, 2.45) is 5.41 Å². The molecule has 0 aromatic rings. The number of likely N-dealkylation sites (N-methyl/N-ethyl adjacent to an activating group) is 1. The molecule has 1 amide bonds. The Hall–Kier alpha value is -1.61. The van der Waals surface area contributed by atoms with Crippen molar-refractivity contribution in [3.8, 4) is 0 Å². The summed E-state index contributed by atoms with van der Waals surface area (Å²) in [6, 6.07) is 0. The Balaban J connectivity index is 2.69. The van der Waals surface area contributed by atoms with E-state index < -0.39 is 0 Å². The lowest BCUT2D eigenvalue weighted by molar-refractivity contribution is -0.142. The second-order valence-corrected chi connectivity index (χ2v) is 7.96. The molecular formula is C21H34N2O. The zero-order chi connectivity index (χ0) is 18.4. The smallest absolute Gasteiger partial charge is 0.227 e. The Labute approximate surface area is 148 Å². The molecule has 0 aromatic heterocycles. The van der Waals surface area contributed by atoms with Gasteiger partial charge >= 0.3 is 0 Å². The number of allylic oxidation sites excluding steroid dienone is 4. The molecule has 0 unspecified atom stereocenters. The van der Waals surface area contributed by atoms with Crippen LogP contribution >= 0.6 is 0 Å². The Morgan fingerprint density at radius 3 is 2.25 bits per heavy atom. The molecule has 24 heavy (non-hydrogen) atoms. The maximum Gasteiger partial charge on any atom is 0.227 e. The van der Waals surface area contributed by atoms with E-state index in [0.29, 0.717) is 0 Å². The second-order valence-electron chi connectivity index (χ2n) is 7.96. The van der Waals surface area contributed by atoms with Gasteiger partial charge in [0.05, 0.1) is 0 Å². The summed E-state index contributed by atoms with van der Waals surface area (Å²) in [5.41, 5.74) is 0.999. The Bertz CT molecular complexity index is 514. The van der Waals surface area contributed by atoms with Crippen LogP contribution in [0.1, 0.15) is 40.5 Å². The number of amides is 1. The summed E-state index contributed by atoms with van der Waals surface area (Å²) in [7, 11) is 2.16. The average Bonchev–Trinajstić information content (AvgIpc) is 2.53. The van der Waals surface area contributed by atoms with Gasteiger partial charge in [-0.3, -0.25) is 9.69 Å². The molecule has 1 rings (SSSR count). The minimum absolute atomic E-state index is 0.110. The van der Waals surface area contributed by atoms with E-state index in [2.05, 4.69) is 38.1 Å². The van der Waals surface area contributed by atoms with Crippen LogP contribution < -0.4 is 0 Å². The minimum atomic E-state index is -0.296. The van der Waals surface area contributed by atoms with E-state index in [-0.39, 0.29) is 16.9 Å². The molecule has 0 atom stereocenters. The number of piperidine rings is 1. The van der Waals surface area contributed by atoms with Crippen molar-refractivity contribution in [3.63, 3.8) is 0 Å². The fourth-order valence-corrected chi connectivity index (χ4v) is 2.96. The van der Waals surface area contributed by atoms with Gasteiger partial charge in [-0.2, -0.15) is 0 Å². The summed E-state index contributed by atoms with van der Waals surface area (Å²) in [4.78, 5) is 16.9. The molecule has 1 heterocycles. The Morgan fingerprint density at radius 1 is 1.21 bits per heavy atom. The van der Waals surface area contributed by atoms with Gasteiger partial charge in [-0.15, -0.1) is 0 Å². The highest BCUT2D eigenvalue weighted by atomic mass is 16.2. The van der Waals surface area contributed by atoms with Crippen molar-refractivity contribution in [2.45, 2.75) is 46.1 Å². The molecule has 1 fully saturated rings. The Kier molecular flexibility index (Phi) is 7.22. The first-order chi connectivity index (χ1) is 11.1. The maximum atomic E-state index is 12.4. The van der Waals surface area contributed by atoms with Crippen LogP contribution in [-0.4, -0.2) is 47.9 Å². The van der Waals surface area contributed by atoms with Gasteiger partial charge in [0.25, 0.3) is 0 Å². The topological polar surface area (TPSA) is 23.6 Å². The second kappa shape index (κ2) is 8.48. The van der Waals surface area contributed by atoms with E-state index in [1.165, 1.54) is 5.57 Å². The van der Waals surface area contributed by atoms with Crippen molar-refractivity contribution in [1.29, 1.82) is 0 Å². The summed E-state index contributed by atoms with van der Waals surface area (Å²) in [6.45, 7) is 18.4. The number of nitrogens with zero attached hydrogens (tertiary/aromatic N) is 2. The number of likely N-dealkylation sites (tertiary alicyclic amines) is 1. The first-order valence-electron chi connectivity index (χ1n) is 8.75. The van der Waals surface area contributed by atoms with Crippen molar-refractivity contribution in [2.75, 3.05) is 26.7 Å². The molecule has 0 bridgehead atoms. The van der Waals surface area contributed by atoms with Crippen molar-refractivity contribution in [3.05, 3.63) is 49.1 Å². The SMILES string of the molecule is C=C/C=C\C=C(/C=C)CN(C)C1(C)CCN(C(=O)C(C)(C)C)CC1.